The minimum absolute atomic E-state index is 0.341. The summed E-state index contributed by atoms with van der Waals surface area (Å²) in [5.74, 6) is 1.73. The molecule has 132 valence electrons. The van der Waals surface area contributed by atoms with Crippen molar-refractivity contribution in [3.8, 4) is 11.5 Å². The molecule has 1 aromatic carbocycles. The molecule has 2 saturated heterocycles. The minimum atomic E-state index is 0.341. The standard InChI is InChI=1S/C18H27N3O3/c1-2-17-18(24-14-23-17)13-16(1)21-6-3-15(4-7-21)19-5-8-20-9-11-22-12-10-20/h1-2,13,15,19H,3-12,14H2. The molecular formula is C18H27N3O3. The van der Waals surface area contributed by atoms with Crippen LogP contribution in [0.2, 0.25) is 0 Å². The van der Waals surface area contributed by atoms with Gasteiger partial charge in [-0.15, -0.1) is 0 Å². The molecule has 6 heteroatoms. The predicted octanol–water partition coefficient (Wildman–Crippen LogP) is 1.31. The number of fused-ring (bicyclic) bond motifs is 1. The van der Waals surface area contributed by atoms with E-state index in [4.69, 9.17) is 14.2 Å². The smallest absolute Gasteiger partial charge is 0.231 e. The SMILES string of the molecule is c1cc2c(cc1N1CCC(NCCN3CCOCC3)CC1)OCO2. The predicted molar refractivity (Wildman–Crippen MR) is 93.1 cm³/mol. The highest BCUT2D eigenvalue weighted by molar-refractivity contribution is 5.57. The highest BCUT2D eigenvalue weighted by atomic mass is 16.7. The summed E-state index contributed by atoms with van der Waals surface area (Å²) >= 11 is 0. The maximum absolute atomic E-state index is 5.49. The lowest BCUT2D eigenvalue weighted by atomic mass is 10.0. The zero-order chi connectivity index (χ0) is 16.2. The van der Waals surface area contributed by atoms with Crippen LogP contribution in [-0.2, 0) is 4.74 Å². The molecule has 4 rings (SSSR count). The number of anilines is 1. The lowest BCUT2D eigenvalue weighted by Gasteiger charge is -2.34. The van der Waals surface area contributed by atoms with Gasteiger partial charge in [-0.05, 0) is 25.0 Å². The fourth-order valence-corrected chi connectivity index (χ4v) is 3.68. The third-order valence-corrected chi connectivity index (χ3v) is 5.18. The van der Waals surface area contributed by atoms with Gasteiger partial charge in [0.25, 0.3) is 0 Å². The molecule has 1 N–H and O–H groups in total. The molecule has 0 aromatic heterocycles. The molecule has 0 spiro atoms. The van der Waals surface area contributed by atoms with Crippen molar-refractivity contribution in [1.29, 1.82) is 0 Å². The third-order valence-electron chi connectivity index (χ3n) is 5.18. The first-order valence-corrected chi connectivity index (χ1v) is 9.06. The quantitative estimate of drug-likeness (QED) is 0.877. The number of piperidine rings is 1. The summed E-state index contributed by atoms with van der Waals surface area (Å²) in [6, 6.07) is 6.90. The minimum Gasteiger partial charge on any atom is -0.454 e. The van der Waals surface area contributed by atoms with Gasteiger partial charge in [-0.25, -0.2) is 0 Å². The maximum Gasteiger partial charge on any atom is 0.231 e. The molecule has 3 aliphatic rings. The van der Waals surface area contributed by atoms with Crippen LogP contribution in [0.3, 0.4) is 0 Å². The van der Waals surface area contributed by atoms with E-state index in [1.807, 2.05) is 6.07 Å². The number of hydrogen-bond donors (Lipinski definition) is 1. The molecule has 0 amide bonds. The van der Waals surface area contributed by atoms with Gasteiger partial charge >= 0.3 is 0 Å². The third kappa shape index (κ3) is 3.77. The molecule has 2 fully saturated rings. The zero-order valence-corrected chi connectivity index (χ0v) is 14.2. The van der Waals surface area contributed by atoms with E-state index in [0.29, 0.717) is 12.8 Å². The van der Waals surface area contributed by atoms with Crippen LogP contribution in [0.4, 0.5) is 5.69 Å². The van der Waals surface area contributed by atoms with Gasteiger partial charge in [0.2, 0.25) is 6.79 Å². The van der Waals surface area contributed by atoms with E-state index in [9.17, 15) is 0 Å². The Morgan fingerprint density at radius 2 is 1.79 bits per heavy atom. The molecule has 0 unspecified atom stereocenters. The van der Waals surface area contributed by atoms with Crippen molar-refractivity contribution in [3.05, 3.63) is 18.2 Å². The molecular weight excluding hydrogens is 306 g/mol. The fraction of sp³-hybridized carbons (Fsp3) is 0.667. The maximum atomic E-state index is 5.49. The van der Waals surface area contributed by atoms with Gasteiger partial charge in [0.1, 0.15) is 0 Å². The highest BCUT2D eigenvalue weighted by Gasteiger charge is 2.21. The Balaban J connectivity index is 1.20. The second-order valence-electron chi connectivity index (χ2n) is 6.71. The first-order valence-electron chi connectivity index (χ1n) is 9.06. The van der Waals surface area contributed by atoms with Crippen molar-refractivity contribution in [2.24, 2.45) is 0 Å². The van der Waals surface area contributed by atoms with Crippen molar-refractivity contribution in [1.82, 2.24) is 10.2 Å². The Hall–Kier alpha value is -1.50. The zero-order valence-electron chi connectivity index (χ0n) is 14.2. The first-order chi connectivity index (χ1) is 11.9. The average Bonchev–Trinajstić information content (AvgIpc) is 3.11. The van der Waals surface area contributed by atoms with E-state index in [1.165, 1.54) is 18.5 Å². The van der Waals surface area contributed by atoms with Gasteiger partial charge < -0.3 is 24.4 Å². The van der Waals surface area contributed by atoms with Gasteiger partial charge in [0, 0.05) is 57.1 Å². The van der Waals surface area contributed by atoms with Crippen LogP contribution in [0, 0.1) is 0 Å². The van der Waals surface area contributed by atoms with Crippen LogP contribution in [0.25, 0.3) is 0 Å². The summed E-state index contributed by atoms with van der Waals surface area (Å²) in [5.41, 5.74) is 1.24. The molecule has 0 atom stereocenters. The number of nitrogens with zero attached hydrogens (tertiary/aromatic N) is 2. The summed E-state index contributed by atoms with van der Waals surface area (Å²) in [7, 11) is 0. The van der Waals surface area contributed by atoms with E-state index in [1.54, 1.807) is 0 Å². The van der Waals surface area contributed by atoms with Crippen molar-refractivity contribution in [2.75, 3.05) is 64.2 Å². The van der Waals surface area contributed by atoms with Crippen molar-refractivity contribution in [2.45, 2.75) is 18.9 Å². The van der Waals surface area contributed by atoms with Gasteiger partial charge in [-0.2, -0.15) is 0 Å². The summed E-state index contributed by atoms with van der Waals surface area (Å²) in [6.07, 6.45) is 2.38. The molecule has 24 heavy (non-hydrogen) atoms. The summed E-state index contributed by atoms with van der Waals surface area (Å²) in [5, 5.41) is 3.73. The number of ether oxygens (including phenoxy) is 3. The summed E-state index contributed by atoms with van der Waals surface area (Å²) in [4.78, 5) is 4.93. The lowest BCUT2D eigenvalue weighted by molar-refractivity contribution is 0.0380. The summed E-state index contributed by atoms with van der Waals surface area (Å²) < 4.78 is 16.3. The van der Waals surface area contributed by atoms with Crippen molar-refractivity contribution >= 4 is 5.69 Å². The fourth-order valence-electron chi connectivity index (χ4n) is 3.68. The average molecular weight is 333 g/mol. The second kappa shape index (κ2) is 7.59. The van der Waals surface area contributed by atoms with Crippen LogP contribution in [-0.4, -0.2) is 70.2 Å². The van der Waals surface area contributed by atoms with E-state index in [0.717, 1.165) is 64.0 Å². The van der Waals surface area contributed by atoms with Crippen LogP contribution < -0.4 is 19.7 Å². The number of hydrogen-bond acceptors (Lipinski definition) is 6. The molecule has 3 aliphatic heterocycles. The first kappa shape index (κ1) is 16.0. The number of morpholine rings is 1. The van der Waals surface area contributed by atoms with Crippen LogP contribution in [0.1, 0.15) is 12.8 Å². The Kier molecular flexibility index (Phi) is 5.06. The van der Waals surface area contributed by atoms with Gasteiger partial charge in [0.05, 0.1) is 13.2 Å². The Bertz CT molecular complexity index is 540. The van der Waals surface area contributed by atoms with E-state index in [2.05, 4.69) is 27.2 Å². The van der Waals surface area contributed by atoms with Gasteiger partial charge in [-0.3, -0.25) is 4.90 Å². The Labute approximate surface area is 143 Å². The van der Waals surface area contributed by atoms with Crippen LogP contribution in [0.15, 0.2) is 18.2 Å². The molecule has 6 nitrogen and oxygen atoms in total. The molecule has 0 bridgehead atoms. The van der Waals surface area contributed by atoms with Gasteiger partial charge in [-0.1, -0.05) is 0 Å². The van der Waals surface area contributed by atoms with E-state index < -0.39 is 0 Å². The van der Waals surface area contributed by atoms with Crippen LogP contribution in [0.5, 0.6) is 11.5 Å². The molecule has 1 aromatic rings. The summed E-state index contributed by atoms with van der Waals surface area (Å²) in [6.45, 7) is 8.65. The number of rotatable bonds is 5. The number of nitrogens with one attached hydrogen (secondary N) is 1. The van der Waals surface area contributed by atoms with Crippen molar-refractivity contribution < 1.29 is 14.2 Å². The van der Waals surface area contributed by atoms with Crippen LogP contribution >= 0.6 is 0 Å². The molecule has 0 radical (unpaired) electrons. The Morgan fingerprint density at radius 3 is 2.62 bits per heavy atom. The molecule has 0 saturated carbocycles. The molecule has 0 aliphatic carbocycles. The van der Waals surface area contributed by atoms with Gasteiger partial charge in [0.15, 0.2) is 11.5 Å². The van der Waals surface area contributed by atoms with Crippen molar-refractivity contribution in [3.63, 3.8) is 0 Å². The normalized spacial score (nSPS) is 22.1. The molecule has 3 heterocycles. The van der Waals surface area contributed by atoms with E-state index >= 15 is 0 Å². The topological polar surface area (TPSA) is 46.2 Å². The van der Waals surface area contributed by atoms with E-state index in [-0.39, 0.29) is 0 Å². The number of benzene rings is 1. The lowest BCUT2D eigenvalue weighted by Crippen LogP contribution is -2.46. The highest BCUT2D eigenvalue weighted by Crippen LogP contribution is 2.36. The second-order valence-corrected chi connectivity index (χ2v) is 6.71. The monoisotopic (exact) mass is 333 g/mol. The Morgan fingerprint density at radius 1 is 1.00 bits per heavy atom. The largest absolute Gasteiger partial charge is 0.454 e.